The zero-order valence-electron chi connectivity index (χ0n) is 14.9. The molecular formula is C20H23N3O2. The molecule has 3 rings (SSSR count). The SMILES string of the molecule is CCN(CCOC)C(=O)c1ccc(-c2cc(C)c3nccn3c2)cc1. The zero-order chi connectivity index (χ0) is 17.8. The third-order valence-electron chi connectivity index (χ3n) is 4.37. The van der Waals surface area contributed by atoms with Crippen LogP contribution in [0.5, 0.6) is 0 Å². The number of pyridine rings is 1. The van der Waals surface area contributed by atoms with E-state index >= 15 is 0 Å². The number of hydrogen-bond acceptors (Lipinski definition) is 3. The van der Waals surface area contributed by atoms with E-state index in [0.717, 1.165) is 22.3 Å². The molecule has 1 amide bonds. The summed E-state index contributed by atoms with van der Waals surface area (Å²) in [6.07, 6.45) is 5.80. The predicted molar refractivity (Wildman–Crippen MR) is 98.8 cm³/mol. The third kappa shape index (κ3) is 3.56. The summed E-state index contributed by atoms with van der Waals surface area (Å²) in [6, 6.07) is 9.89. The maximum atomic E-state index is 12.6. The van der Waals surface area contributed by atoms with Gasteiger partial charge in [0.15, 0.2) is 0 Å². The number of methoxy groups -OCH3 is 1. The van der Waals surface area contributed by atoms with Crippen LogP contribution >= 0.6 is 0 Å². The standard InChI is InChI=1S/C20H23N3O2/c1-4-22(11-12-25-3)20(24)17-7-5-16(6-8-17)18-13-15(2)19-21-9-10-23(19)14-18/h5-10,13-14H,4,11-12H2,1-3H3. The van der Waals surface area contributed by atoms with Gasteiger partial charge in [0.25, 0.3) is 5.91 Å². The number of amides is 1. The molecule has 5 heteroatoms. The topological polar surface area (TPSA) is 46.8 Å². The Balaban J connectivity index is 1.84. The van der Waals surface area contributed by atoms with E-state index in [0.29, 0.717) is 25.3 Å². The first-order chi connectivity index (χ1) is 12.1. The Morgan fingerprint density at radius 1 is 1.24 bits per heavy atom. The summed E-state index contributed by atoms with van der Waals surface area (Å²) in [4.78, 5) is 18.7. The molecule has 0 radical (unpaired) electrons. The summed E-state index contributed by atoms with van der Waals surface area (Å²) >= 11 is 0. The maximum absolute atomic E-state index is 12.6. The Morgan fingerprint density at radius 3 is 2.68 bits per heavy atom. The molecule has 3 aromatic rings. The van der Waals surface area contributed by atoms with Crippen LogP contribution in [-0.4, -0.2) is 47.0 Å². The lowest BCUT2D eigenvalue weighted by atomic mass is 10.0. The largest absolute Gasteiger partial charge is 0.383 e. The first kappa shape index (κ1) is 17.2. The molecule has 0 atom stereocenters. The molecule has 0 spiro atoms. The summed E-state index contributed by atoms with van der Waals surface area (Å²) in [5.74, 6) is 0.0346. The van der Waals surface area contributed by atoms with Crippen molar-refractivity contribution in [1.82, 2.24) is 14.3 Å². The number of hydrogen-bond donors (Lipinski definition) is 0. The highest BCUT2D eigenvalue weighted by Gasteiger charge is 2.14. The molecule has 0 bridgehead atoms. The second-order valence-corrected chi connectivity index (χ2v) is 6.02. The van der Waals surface area contributed by atoms with Gasteiger partial charge in [0.05, 0.1) is 6.61 Å². The highest BCUT2D eigenvalue weighted by atomic mass is 16.5. The van der Waals surface area contributed by atoms with E-state index in [9.17, 15) is 4.79 Å². The van der Waals surface area contributed by atoms with Crippen molar-refractivity contribution in [3.8, 4) is 11.1 Å². The number of carbonyl (C=O) groups is 1. The molecule has 130 valence electrons. The predicted octanol–water partition coefficient (Wildman–Crippen LogP) is 3.42. The van der Waals surface area contributed by atoms with E-state index in [-0.39, 0.29) is 5.91 Å². The van der Waals surface area contributed by atoms with E-state index in [2.05, 4.69) is 24.2 Å². The lowest BCUT2D eigenvalue weighted by Gasteiger charge is -2.20. The second kappa shape index (κ2) is 7.49. The van der Waals surface area contributed by atoms with Gasteiger partial charge in [-0.05, 0) is 48.7 Å². The molecule has 0 saturated heterocycles. The Kier molecular flexibility index (Phi) is 5.14. The monoisotopic (exact) mass is 337 g/mol. The average molecular weight is 337 g/mol. The number of rotatable bonds is 6. The molecule has 0 fully saturated rings. The fourth-order valence-electron chi connectivity index (χ4n) is 2.96. The van der Waals surface area contributed by atoms with Gasteiger partial charge in [-0.1, -0.05) is 12.1 Å². The fraction of sp³-hybridized carbons (Fsp3) is 0.300. The van der Waals surface area contributed by atoms with Crippen LogP contribution in [-0.2, 0) is 4.74 Å². The van der Waals surface area contributed by atoms with Gasteiger partial charge in [-0.3, -0.25) is 4.79 Å². The molecule has 0 unspecified atom stereocenters. The Hall–Kier alpha value is -2.66. The van der Waals surface area contributed by atoms with Crippen LogP contribution in [0.1, 0.15) is 22.8 Å². The van der Waals surface area contributed by atoms with Gasteiger partial charge < -0.3 is 14.0 Å². The zero-order valence-corrected chi connectivity index (χ0v) is 14.9. The van der Waals surface area contributed by atoms with Crippen molar-refractivity contribution < 1.29 is 9.53 Å². The minimum Gasteiger partial charge on any atom is -0.383 e. The van der Waals surface area contributed by atoms with Crippen LogP contribution in [0.25, 0.3) is 16.8 Å². The summed E-state index contributed by atoms with van der Waals surface area (Å²) in [6.45, 7) is 5.84. The minimum absolute atomic E-state index is 0.0346. The highest BCUT2D eigenvalue weighted by molar-refractivity contribution is 5.94. The van der Waals surface area contributed by atoms with Gasteiger partial charge in [0.2, 0.25) is 0 Å². The van der Waals surface area contributed by atoms with Crippen LogP contribution in [0.15, 0.2) is 48.9 Å². The van der Waals surface area contributed by atoms with Crippen molar-refractivity contribution >= 4 is 11.6 Å². The van der Waals surface area contributed by atoms with E-state index in [4.69, 9.17) is 4.74 Å². The van der Waals surface area contributed by atoms with E-state index in [1.54, 1.807) is 18.2 Å². The van der Waals surface area contributed by atoms with Crippen molar-refractivity contribution in [2.75, 3.05) is 26.8 Å². The number of aromatic nitrogens is 2. The van der Waals surface area contributed by atoms with E-state index < -0.39 is 0 Å². The smallest absolute Gasteiger partial charge is 0.253 e. The van der Waals surface area contributed by atoms with Crippen LogP contribution < -0.4 is 0 Å². The quantitative estimate of drug-likeness (QED) is 0.692. The average Bonchev–Trinajstić information content (AvgIpc) is 3.11. The van der Waals surface area contributed by atoms with Gasteiger partial charge in [0.1, 0.15) is 5.65 Å². The van der Waals surface area contributed by atoms with Crippen molar-refractivity contribution in [1.29, 1.82) is 0 Å². The van der Waals surface area contributed by atoms with Gasteiger partial charge >= 0.3 is 0 Å². The van der Waals surface area contributed by atoms with Crippen LogP contribution in [0.3, 0.4) is 0 Å². The molecule has 2 heterocycles. The Bertz CT molecular complexity index is 868. The number of nitrogens with zero attached hydrogens (tertiary/aromatic N) is 3. The molecular weight excluding hydrogens is 314 g/mol. The Labute approximate surface area is 147 Å². The van der Waals surface area contributed by atoms with Gasteiger partial charge in [0, 0.05) is 44.4 Å². The summed E-state index contributed by atoms with van der Waals surface area (Å²) in [5, 5.41) is 0. The summed E-state index contributed by atoms with van der Waals surface area (Å²) in [5.41, 5.74) is 4.97. The molecule has 0 N–H and O–H groups in total. The molecule has 25 heavy (non-hydrogen) atoms. The van der Waals surface area contributed by atoms with E-state index in [1.165, 1.54) is 0 Å². The van der Waals surface area contributed by atoms with Gasteiger partial charge in [-0.25, -0.2) is 4.98 Å². The van der Waals surface area contributed by atoms with Gasteiger partial charge in [-0.15, -0.1) is 0 Å². The first-order valence-electron chi connectivity index (χ1n) is 8.46. The number of fused-ring (bicyclic) bond motifs is 1. The number of ether oxygens (including phenoxy) is 1. The van der Waals surface area contributed by atoms with Crippen LogP contribution in [0.4, 0.5) is 0 Å². The molecule has 0 aliphatic heterocycles. The number of aryl methyl sites for hydroxylation is 1. The molecule has 0 aliphatic rings. The molecule has 2 aromatic heterocycles. The molecule has 0 saturated carbocycles. The van der Waals surface area contributed by atoms with Crippen molar-refractivity contribution in [2.24, 2.45) is 0 Å². The second-order valence-electron chi connectivity index (χ2n) is 6.02. The highest BCUT2D eigenvalue weighted by Crippen LogP contribution is 2.23. The summed E-state index contributed by atoms with van der Waals surface area (Å²) in [7, 11) is 1.65. The van der Waals surface area contributed by atoms with Gasteiger partial charge in [-0.2, -0.15) is 0 Å². The fourth-order valence-corrected chi connectivity index (χ4v) is 2.96. The maximum Gasteiger partial charge on any atom is 0.253 e. The Morgan fingerprint density at radius 2 is 2.00 bits per heavy atom. The molecule has 5 nitrogen and oxygen atoms in total. The van der Waals surface area contributed by atoms with Crippen LogP contribution in [0.2, 0.25) is 0 Å². The first-order valence-corrected chi connectivity index (χ1v) is 8.46. The lowest BCUT2D eigenvalue weighted by Crippen LogP contribution is -2.33. The molecule has 0 aliphatic carbocycles. The number of carbonyl (C=O) groups excluding carboxylic acids is 1. The van der Waals surface area contributed by atoms with Crippen molar-refractivity contribution in [3.05, 3.63) is 60.0 Å². The summed E-state index contributed by atoms with van der Waals surface area (Å²) < 4.78 is 7.10. The van der Waals surface area contributed by atoms with E-state index in [1.807, 2.05) is 41.8 Å². The van der Waals surface area contributed by atoms with Crippen LogP contribution in [0, 0.1) is 6.92 Å². The number of benzene rings is 1. The molecule has 1 aromatic carbocycles. The number of imidazole rings is 1. The lowest BCUT2D eigenvalue weighted by molar-refractivity contribution is 0.0706. The van der Waals surface area contributed by atoms with Crippen molar-refractivity contribution in [3.63, 3.8) is 0 Å². The van der Waals surface area contributed by atoms with Crippen molar-refractivity contribution in [2.45, 2.75) is 13.8 Å². The third-order valence-corrected chi connectivity index (χ3v) is 4.37. The minimum atomic E-state index is 0.0346. The normalized spacial score (nSPS) is 11.0. The number of likely N-dealkylation sites (N-methyl/N-ethyl adjacent to an activating group) is 1.